The summed E-state index contributed by atoms with van der Waals surface area (Å²) >= 11 is 3.36. The molecule has 1 aromatic heterocycles. The maximum atomic E-state index is 9.06. The van der Waals surface area contributed by atoms with Crippen LogP contribution in [0.4, 0.5) is 0 Å². The lowest BCUT2D eigenvalue weighted by Gasteiger charge is -2.38. The van der Waals surface area contributed by atoms with E-state index in [0.29, 0.717) is 17.0 Å². The average molecular weight is 395 g/mol. The normalized spacial score (nSPS) is 25.3. The highest BCUT2D eigenvalue weighted by molar-refractivity contribution is 9.10. The minimum Gasteiger partial charge on any atom is -0.407 e. The topological polar surface area (TPSA) is 39.9 Å². The molecule has 2 heterocycles. The van der Waals surface area contributed by atoms with E-state index >= 15 is 0 Å². The first-order valence-electron chi connectivity index (χ1n) is 8.41. The van der Waals surface area contributed by atoms with E-state index in [0.717, 1.165) is 5.56 Å². The summed E-state index contributed by atoms with van der Waals surface area (Å²) in [5.41, 5.74) is 1.13. The standard InChI is InChI=1S/C17H24BrN3OSi/c1-17(2,3)23(4,5)22-14-11-13(12-9-7-6-8-10-12)21-15(14)19-16(18)20-21/h6-10,13-14H,11H2,1-5H3/t13-,14-/m0/s1/i14D. The van der Waals surface area contributed by atoms with Gasteiger partial charge < -0.3 is 4.43 Å². The van der Waals surface area contributed by atoms with Gasteiger partial charge >= 0.3 is 0 Å². The molecule has 0 spiro atoms. The molecule has 1 aliphatic heterocycles. The molecule has 1 aliphatic rings. The van der Waals surface area contributed by atoms with Crippen LogP contribution in [0.3, 0.4) is 0 Å². The van der Waals surface area contributed by atoms with Crippen molar-refractivity contribution < 1.29 is 5.80 Å². The highest BCUT2D eigenvalue weighted by Gasteiger charge is 2.44. The van der Waals surface area contributed by atoms with Crippen LogP contribution in [0, 0.1) is 0 Å². The van der Waals surface area contributed by atoms with E-state index in [2.05, 4.69) is 72.0 Å². The van der Waals surface area contributed by atoms with Crippen molar-refractivity contribution in [2.45, 2.75) is 57.4 Å². The maximum absolute atomic E-state index is 9.06. The van der Waals surface area contributed by atoms with Gasteiger partial charge in [-0.15, -0.1) is 5.10 Å². The van der Waals surface area contributed by atoms with Crippen molar-refractivity contribution in [3.8, 4) is 0 Å². The van der Waals surface area contributed by atoms with Crippen LogP contribution in [-0.4, -0.2) is 23.1 Å². The highest BCUT2D eigenvalue weighted by Crippen LogP contribution is 2.45. The van der Waals surface area contributed by atoms with Crippen molar-refractivity contribution in [1.82, 2.24) is 14.8 Å². The lowest BCUT2D eigenvalue weighted by molar-refractivity contribution is 0.178. The molecule has 0 radical (unpaired) electrons. The Hall–Kier alpha value is -0.983. The lowest BCUT2D eigenvalue weighted by atomic mass is 10.0. The number of hydrogen-bond donors (Lipinski definition) is 0. The van der Waals surface area contributed by atoms with Crippen molar-refractivity contribution in [3.05, 3.63) is 46.5 Å². The summed E-state index contributed by atoms with van der Waals surface area (Å²) in [6.07, 6.45) is -0.630. The molecule has 23 heavy (non-hydrogen) atoms. The van der Waals surface area contributed by atoms with Gasteiger partial charge in [0, 0.05) is 6.42 Å². The van der Waals surface area contributed by atoms with Crippen molar-refractivity contribution in [2.75, 3.05) is 0 Å². The minimum atomic E-state index is -2.12. The molecule has 2 atom stereocenters. The van der Waals surface area contributed by atoms with Gasteiger partial charge in [-0.05, 0) is 39.6 Å². The molecular weight excluding hydrogens is 370 g/mol. The van der Waals surface area contributed by atoms with E-state index in [1.165, 1.54) is 0 Å². The van der Waals surface area contributed by atoms with Crippen LogP contribution >= 0.6 is 15.9 Å². The minimum absolute atomic E-state index is 0.0257. The Morgan fingerprint density at radius 2 is 1.96 bits per heavy atom. The fraction of sp³-hybridized carbons (Fsp3) is 0.529. The van der Waals surface area contributed by atoms with Crippen LogP contribution in [0.2, 0.25) is 18.1 Å². The second kappa shape index (κ2) is 5.83. The highest BCUT2D eigenvalue weighted by atomic mass is 79.9. The lowest BCUT2D eigenvalue weighted by Crippen LogP contribution is -2.41. The summed E-state index contributed by atoms with van der Waals surface area (Å²) in [6.45, 7) is 10.9. The molecule has 0 bridgehead atoms. The first-order chi connectivity index (χ1) is 11.0. The smallest absolute Gasteiger partial charge is 0.217 e. The molecule has 0 saturated heterocycles. The van der Waals surface area contributed by atoms with E-state index in [9.17, 15) is 0 Å². The summed E-state index contributed by atoms with van der Waals surface area (Å²) in [4.78, 5) is 4.46. The molecule has 0 saturated carbocycles. The summed E-state index contributed by atoms with van der Waals surface area (Å²) in [5, 5.41) is 4.51. The molecule has 2 aromatic rings. The van der Waals surface area contributed by atoms with Gasteiger partial charge in [0.1, 0.15) is 6.08 Å². The zero-order valence-corrected chi connectivity index (χ0v) is 16.9. The van der Waals surface area contributed by atoms with Gasteiger partial charge in [-0.2, -0.15) is 0 Å². The van der Waals surface area contributed by atoms with Gasteiger partial charge in [0.25, 0.3) is 0 Å². The number of fused-ring (bicyclic) bond motifs is 1. The first kappa shape index (κ1) is 15.5. The van der Waals surface area contributed by atoms with E-state index in [-0.39, 0.29) is 11.1 Å². The number of nitrogens with zero attached hydrogens (tertiary/aromatic N) is 3. The van der Waals surface area contributed by atoms with Crippen molar-refractivity contribution in [3.63, 3.8) is 0 Å². The molecule has 0 aliphatic carbocycles. The van der Waals surface area contributed by atoms with Crippen LogP contribution in [0.15, 0.2) is 35.1 Å². The van der Waals surface area contributed by atoms with Gasteiger partial charge in [-0.25, -0.2) is 9.67 Å². The number of aromatic nitrogens is 3. The van der Waals surface area contributed by atoms with Gasteiger partial charge in [-0.3, -0.25) is 0 Å². The molecule has 0 amide bonds. The Bertz CT molecular complexity index is 744. The quantitative estimate of drug-likeness (QED) is 0.679. The Morgan fingerprint density at radius 3 is 2.57 bits per heavy atom. The van der Waals surface area contributed by atoms with Crippen LogP contribution in [0.5, 0.6) is 0 Å². The van der Waals surface area contributed by atoms with Gasteiger partial charge in [0.15, 0.2) is 14.1 Å². The predicted molar refractivity (Wildman–Crippen MR) is 97.9 cm³/mol. The van der Waals surface area contributed by atoms with Crippen LogP contribution in [0.1, 0.15) is 52.1 Å². The molecule has 0 unspecified atom stereocenters. The van der Waals surface area contributed by atoms with Gasteiger partial charge in [-0.1, -0.05) is 51.1 Å². The van der Waals surface area contributed by atoms with Crippen molar-refractivity contribution >= 4 is 24.2 Å². The Morgan fingerprint density at radius 1 is 1.30 bits per heavy atom. The molecule has 6 heteroatoms. The number of benzene rings is 1. The fourth-order valence-electron chi connectivity index (χ4n) is 2.54. The average Bonchev–Trinajstić information content (AvgIpc) is 2.96. The third kappa shape index (κ3) is 3.16. The Balaban J connectivity index is 2.02. The second-order valence-electron chi connectivity index (χ2n) is 7.57. The van der Waals surface area contributed by atoms with Gasteiger partial charge in [0.05, 0.1) is 7.41 Å². The van der Waals surface area contributed by atoms with Crippen molar-refractivity contribution in [1.29, 1.82) is 0 Å². The van der Waals surface area contributed by atoms with Crippen LogP contribution < -0.4 is 0 Å². The molecule has 0 N–H and O–H groups in total. The summed E-state index contributed by atoms with van der Waals surface area (Å²) in [7, 11) is -2.12. The zero-order valence-electron chi connectivity index (χ0n) is 15.3. The summed E-state index contributed by atoms with van der Waals surface area (Å²) in [5.74, 6) is 0.591. The van der Waals surface area contributed by atoms with Crippen LogP contribution in [0.25, 0.3) is 0 Å². The number of rotatable bonds is 3. The molecule has 124 valence electrons. The Labute approximate surface area is 148 Å². The number of hydrogen-bond acceptors (Lipinski definition) is 3. The van der Waals surface area contributed by atoms with Crippen molar-refractivity contribution in [2.24, 2.45) is 0 Å². The molecule has 4 nitrogen and oxygen atoms in total. The fourth-order valence-corrected chi connectivity index (χ4v) is 3.98. The third-order valence-corrected chi connectivity index (χ3v) is 9.60. The summed E-state index contributed by atoms with van der Waals surface area (Å²) < 4.78 is 17.9. The number of halogens is 1. The molecule has 0 fully saturated rings. The zero-order chi connectivity index (χ0) is 17.8. The van der Waals surface area contributed by atoms with E-state index < -0.39 is 14.4 Å². The van der Waals surface area contributed by atoms with E-state index in [1.54, 1.807) is 0 Å². The van der Waals surface area contributed by atoms with Gasteiger partial charge in [0.2, 0.25) is 4.73 Å². The second-order valence-corrected chi connectivity index (χ2v) is 13.0. The molecule has 1 aromatic carbocycles. The summed E-state index contributed by atoms with van der Waals surface area (Å²) in [6, 6.07) is 10.1. The molecular formula is C17H24BrN3OSi. The largest absolute Gasteiger partial charge is 0.407 e. The first-order valence-corrected chi connectivity index (χ1v) is 11.6. The van der Waals surface area contributed by atoms with Crippen LogP contribution in [-0.2, 0) is 4.43 Å². The third-order valence-electron chi connectivity index (χ3n) is 4.90. The molecule has 3 rings (SSSR count). The van der Waals surface area contributed by atoms with E-state index in [4.69, 9.17) is 5.80 Å². The monoisotopic (exact) mass is 394 g/mol. The Kier molecular flexibility index (Phi) is 3.94. The SMILES string of the molecule is [2H][C@]1(O[Si](C)(C)C(C)(C)C)C[C@@H](c2ccccc2)n2nc(Br)nc21. The maximum Gasteiger partial charge on any atom is 0.217 e. The van der Waals surface area contributed by atoms with E-state index in [1.807, 2.05) is 22.9 Å². The predicted octanol–water partition coefficient (Wildman–Crippen LogP) is 5.10.